The van der Waals surface area contributed by atoms with Crippen molar-refractivity contribution in [2.24, 2.45) is 0 Å². The van der Waals surface area contributed by atoms with Crippen molar-refractivity contribution in [2.45, 2.75) is 26.7 Å². The number of anilines is 1. The van der Waals surface area contributed by atoms with Crippen molar-refractivity contribution in [3.8, 4) is 0 Å². The van der Waals surface area contributed by atoms with E-state index in [1.54, 1.807) is 18.1 Å². The third-order valence-corrected chi connectivity index (χ3v) is 3.85. The molecule has 0 aliphatic rings. The van der Waals surface area contributed by atoms with Gasteiger partial charge in [-0.2, -0.15) is 0 Å². The van der Waals surface area contributed by atoms with Gasteiger partial charge in [-0.1, -0.05) is 31.5 Å². The zero-order valence-electron chi connectivity index (χ0n) is 14.0. The van der Waals surface area contributed by atoms with Gasteiger partial charge in [0.05, 0.1) is 11.2 Å². The van der Waals surface area contributed by atoms with Gasteiger partial charge in [-0.3, -0.25) is 14.6 Å². The number of unbranched alkanes of at least 4 members (excludes halogenated alkanes) is 1. The molecular weight excluding hydrogens is 290 g/mol. The number of rotatable bonds is 6. The van der Waals surface area contributed by atoms with Crippen LogP contribution in [0.15, 0.2) is 36.5 Å². The summed E-state index contributed by atoms with van der Waals surface area (Å²) < 4.78 is 0. The molecule has 0 radical (unpaired) electrons. The van der Waals surface area contributed by atoms with E-state index < -0.39 is 0 Å². The highest BCUT2D eigenvalue weighted by atomic mass is 16.2. The largest absolute Gasteiger partial charge is 0.344 e. The first-order chi connectivity index (χ1) is 11.0. The first-order valence-electron chi connectivity index (χ1n) is 7.90. The molecule has 5 nitrogen and oxygen atoms in total. The molecule has 23 heavy (non-hydrogen) atoms. The Morgan fingerprint density at radius 1 is 1.17 bits per heavy atom. The van der Waals surface area contributed by atoms with E-state index >= 15 is 0 Å². The van der Waals surface area contributed by atoms with E-state index in [0.717, 1.165) is 23.7 Å². The Morgan fingerprint density at radius 3 is 2.61 bits per heavy atom. The highest BCUT2D eigenvalue weighted by molar-refractivity contribution is 6.04. The number of fused-ring (bicyclic) bond motifs is 1. The van der Waals surface area contributed by atoms with Crippen LogP contribution >= 0.6 is 0 Å². The summed E-state index contributed by atoms with van der Waals surface area (Å²) in [6.45, 7) is 4.29. The van der Waals surface area contributed by atoms with Crippen LogP contribution in [0.25, 0.3) is 10.9 Å². The molecule has 122 valence electrons. The van der Waals surface area contributed by atoms with Gasteiger partial charge in [-0.25, -0.2) is 0 Å². The van der Waals surface area contributed by atoms with Crippen molar-refractivity contribution in [1.29, 1.82) is 0 Å². The average Bonchev–Trinajstić information content (AvgIpc) is 2.56. The van der Waals surface area contributed by atoms with Crippen molar-refractivity contribution < 1.29 is 9.59 Å². The molecule has 0 aliphatic heterocycles. The summed E-state index contributed by atoms with van der Waals surface area (Å²) in [4.78, 5) is 32.0. The maximum Gasteiger partial charge on any atom is 0.242 e. The summed E-state index contributed by atoms with van der Waals surface area (Å²) in [5, 5.41) is 0.947. The van der Waals surface area contributed by atoms with E-state index in [9.17, 15) is 9.59 Å². The normalized spacial score (nSPS) is 10.6. The van der Waals surface area contributed by atoms with E-state index in [1.165, 1.54) is 11.8 Å². The van der Waals surface area contributed by atoms with E-state index in [1.807, 2.05) is 30.3 Å². The Bertz CT molecular complexity index is 694. The third-order valence-electron chi connectivity index (χ3n) is 3.85. The SMILES string of the molecule is CCCCN(C)C(=O)CN(C(C)=O)c1cccc2cccnc12. The van der Waals surface area contributed by atoms with Crippen LogP contribution in [0.2, 0.25) is 0 Å². The maximum absolute atomic E-state index is 12.4. The number of para-hydroxylation sites is 1. The van der Waals surface area contributed by atoms with E-state index in [4.69, 9.17) is 0 Å². The molecule has 0 unspecified atom stereocenters. The van der Waals surface area contributed by atoms with E-state index in [2.05, 4.69) is 11.9 Å². The second kappa shape index (κ2) is 7.72. The van der Waals surface area contributed by atoms with Crippen LogP contribution in [0, 0.1) is 0 Å². The number of benzene rings is 1. The number of carbonyl (C=O) groups excluding carboxylic acids is 2. The maximum atomic E-state index is 12.4. The number of pyridine rings is 1. The average molecular weight is 313 g/mol. The zero-order chi connectivity index (χ0) is 16.8. The van der Waals surface area contributed by atoms with Gasteiger partial charge < -0.3 is 9.80 Å². The molecule has 1 heterocycles. The number of hydrogen-bond acceptors (Lipinski definition) is 3. The predicted octanol–water partition coefficient (Wildman–Crippen LogP) is 2.85. The molecule has 0 fully saturated rings. The van der Waals surface area contributed by atoms with Crippen molar-refractivity contribution in [3.05, 3.63) is 36.5 Å². The van der Waals surface area contributed by atoms with Crippen molar-refractivity contribution in [1.82, 2.24) is 9.88 Å². The molecule has 1 aromatic heterocycles. The molecule has 0 bridgehead atoms. The Hall–Kier alpha value is -2.43. The van der Waals surface area contributed by atoms with Gasteiger partial charge >= 0.3 is 0 Å². The number of likely N-dealkylation sites (N-methyl/N-ethyl adjacent to an activating group) is 1. The van der Waals surface area contributed by atoms with Crippen LogP contribution in [0.3, 0.4) is 0 Å². The smallest absolute Gasteiger partial charge is 0.242 e. The van der Waals surface area contributed by atoms with E-state index in [0.29, 0.717) is 12.2 Å². The summed E-state index contributed by atoms with van der Waals surface area (Å²) in [5.74, 6) is -0.234. The second-order valence-corrected chi connectivity index (χ2v) is 5.63. The van der Waals surface area contributed by atoms with Gasteiger partial charge in [0.1, 0.15) is 6.54 Å². The van der Waals surface area contributed by atoms with E-state index in [-0.39, 0.29) is 18.4 Å². The molecule has 0 atom stereocenters. The quantitative estimate of drug-likeness (QED) is 0.824. The van der Waals surface area contributed by atoms with Gasteiger partial charge in [0.15, 0.2) is 0 Å². The number of amides is 2. The molecular formula is C18H23N3O2. The molecule has 0 N–H and O–H groups in total. The fourth-order valence-electron chi connectivity index (χ4n) is 2.45. The number of carbonyl (C=O) groups is 2. The van der Waals surface area contributed by atoms with Crippen molar-refractivity contribution >= 4 is 28.4 Å². The second-order valence-electron chi connectivity index (χ2n) is 5.63. The van der Waals surface area contributed by atoms with Crippen LogP contribution in [-0.2, 0) is 9.59 Å². The summed E-state index contributed by atoms with van der Waals surface area (Å²) in [5.41, 5.74) is 1.40. The first-order valence-corrected chi connectivity index (χ1v) is 7.90. The molecule has 0 spiro atoms. The fourth-order valence-corrected chi connectivity index (χ4v) is 2.45. The predicted molar refractivity (Wildman–Crippen MR) is 92.3 cm³/mol. The van der Waals surface area contributed by atoms with Crippen LogP contribution in [-0.4, -0.2) is 41.8 Å². The van der Waals surface area contributed by atoms with Gasteiger partial charge in [0.25, 0.3) is 0 Å². The molecule has 0 saturated heterocycles. The molecule has 2 amide bonds. The van der Waals surface area contributed by atoms with Crippen LogP contribution in [0.4, 0.5) is 5.69 Å². The Labute approximate surface area is 136 Å². The van der Waals surface area contributed by atoms with Crippen molar-refractivity contribution in [2.75, 3.05) is 25.0 Å². The first kappa shape index (κ1) is 16.9. The fraction of sp³-hybridized carbons (Fsp3) is 0.389. The summed E-state index contributed by atoms with van der Waals surface area (Å²) in [7, 11) is 1.78. The summed E-state index contributed by atoms with van der Waals surface area (Å²) in [6, 6.07) is 9.45. The van der Waals surface area contributed by atoms with Crippen LogP contribution in [0.1, 0.15) is 26.7 Å². The zero-order valence-corrected chi connectivity index (χ0v) is 14.0. The number of nitrogens with zero attached hydrogens (tertiary/aromatic N) is 3. The summed E-state index contributed by atoms with van der Waals surface area (Å²) >= 11 is 0. The lowest BCUT2D eigenvalue weighted by Gasteiger charge is -2.25. The molecule has 2 aromatic rings. The lowest BCUT2D eigenvalue weighted by Crippen LogP contribution is -2.41. The van der Waals surface area contributed by atoms with Gasteiger partial charge in [-0.05, 0) is 18.6 Å². The lowest BCUT2D eigenvalue weighted by atomic mass is 10.1. The molecule has 5 heteroatoms. The lowest BCUT2D eigenvalue weighted by molar-refractivity contribution is -0.130. The molecule has 1 aromatic carbocycles. The molecule has 0 saturated carbocycles. The van der Waals surface area contributed by atoms with Gasteiger partial charge in [-0.15, -0.1) is 0 Å². The highest BCUT2D eigenvalue weighted by Crippen LogP contribution is 2.24. The third kappa shape index (κ3) is 4.06. The topological polar surface area (TPSA) is 53.5 Å². The number of hydrogen-bond donors (Lipinski definition) is 0. The minimum Gasteiger partial charge on any atom is -0.344 e. The summed E-state index contributed by atoms with van der Waals surface area (Å²) in [6.07, 6.45) is 3.68. The molecule has 2 rings (SSSR count). The Kier molecular flexibility index (Phi) is 5.68. The van der Waals surface area contributed by atoms with Crippen LogP contribution in [0.5, 0.6) is 0 Å². The standard InChI is InChI=1S/C18H23N3O2/c1-4-5-12-20(3)17(23)13-21(14(2)22)16-10-6-8-15-9-7-11-19-18(15)16/h6-11H,4-5,12-13H2,1-3H3. The molecule has 0 aliphatic carbocycles. The highest BCUT2D eigenvalue weighted by Gasteiger charge is 2.20. The van der Waals surface area contributed by atoms with Crippen LogP contribution < -0.4 is 4.90 Å². The minimum absolute atomic E-state index is 0.0330. The van der Waals surface area contributed by atoms with Crippen molar-refractivity contribution in [3.63, 3.8) is 0 Å². The minimum atomic E-state index is -0.166. The number of aromatic nitrogens is 1. The Balaban J connectivity index is 2.28. The van der Waals surface area contributed by atoms with Gasteiger partial charge in [0, 0.05) is 32.1 Å². The monoisotopic (exact) mass is 313 g/mol. The Morgan fingerprint density at radius 2 is 1.91 bits per heavy atom. The van der Waals surface area contributed by atoms with Gasteiger partial charge in [0.2, 0.25) is 11.8 Å².